The van der Waals surface area contributed by atoms with Crippen molar-refractivity contribution in [2.45, 2.75) is 13.0 Å². The number of aromatic nitrogens is 1. The number of hydrogen-bond acceptors (Lipinski definition) is 1. The Hall–Kier alpha value is -1.84. The highest BCUT2D eigenvalue weighted by Gasteiger charge is 2.15. The van der Waals surface area contributed by atoms with E-state index in [1.54, 1.807) is 0 Å². The third-order valence-corrected chi connectivity index (χ3v) is 4.03. The summed E-state index contributed by atoms with van der Waals surface area (Å²) in [4.78, 5) is 3.50. The first-order chi connectivity index (χ1) is 9.81. The molecule has 0 saturated heterocycles. The third kappa shape index (κ3) is 2.43. The molecule has 4 heteroatoms. The maximum absolute atomic E-state index is 13.0. The Labute approximate surface area is 128 Å². The lowest BCUT2D eigenvalue weighted by atomic mass is 10.0. The van der Waals surface area contributed by atoms with E-state index in [2.05, 4.69) is 28.5 Å². The molecule has 0 saturated carbocycles. The van der Waals surface area contributed by atoms with E-state index in [1.165, 1.54) is 34.3 Å². The second-order valence-electron chi connectivity index (χ2n) is 5.28. The molecule has 0 atom stereocenters. The van der Waals surface area contributed by atoms with Crippen molar-refractivity contribution in [2.24, 2.45) is 0 Å². The molecule has 21 heavy (non-hydrogen) atoms. The van der Waals surface area contributed by atoms with Crippen LogP contribution in [0.15, 0.2) is 42.5 Å². The van der Waals surface area contributed by atoms with Crippen molar-refractivity contribution in [2.75, 3.05) is 6.54 Å². The summed E-state index contributed by atoms with van der Waals surface area (Å²) >= 11 is 0. The lowest BCUT2D eigenvalue weighted by molar-refractivity contribution is 0.628. The van der Waals surface area contributed by atoms with Crippen LogP contribution >= 0.6 is 12.4 Å². The van der Waals surface area contributed by atoms with E-state index >= 15 is 0 Å². The number of halogens is 2. The zero-order valence-corrected chi connectivity index (χ0v) is 12.3. The largest absolute Gasteiger partial charge is 0.358 e. The molecule has 0 radical (unpaired) electrons. The normalized spacial score (nSPS) is 13.8. The molecule has 2 heterocycles. The van der Waals surface area contributed by atoms with E-state index in [9.17, 15) is 4.39 Å². The number of fused-ring (bicyclic) bond motifs is 3. The summed E-state index contributed by atoms with van der Waals surface area (Å²) in [6.45, 7) is 1.95. The van der Waals surface area contributed by atoms with Crippen molar-refractivity contribution < 1.29 is 4.39 Å². The van der Waals surface area contributed by atoms with Gasteiger partial charge in [0, 0.05) is 36.1 Å². The fourth-order valence-corrected chi connectivity index (χ4v) is 2.97. The standard InChI is InChI=1S/C17H15FN2.ClH/c18-13-4-1-11(2-5-13)12-3-6-16-14(9-12)15-10-19-8-7-17(15)20-16;/h1-6,9,19-20H,7-8,10H2;1H. The van der Waals surface area contributed by atoms with Gasteiger partial charge in [-0.3, -0.25) is 0 Å². The second-order valence-corrected chi connectivity index (χ2v) is 5.28. The van der Waals surface area contributed by atoms with Crippen molar-refractivity contribution in [3.05, 3.63) is 59.5 Å². The second kappa shape index (κ2) is 5.51. The third-order valence-electron chi connectivity index (χ3n) is 4.03. The van der Waals surface area contributed by atoms with Crippen LogP contribution in [-0.2, 0) is 13.0 Å². The number of nitrogens with one attached hydrogen (secondary N) is 2. The van der Waals surface area contributed by atoms with Gasteiger partial charge in [0.1, 0.15) is 5.82 Å². The Kier molecular flexibility index (Phi) is 3.70. The molecule has 4 rings (SSSR count). The Morgan fingerprint density at radius 1 is 0.952 bits per heavy atom. The number of benzene rings is 2. The Morgan fingerprint density at radius 3 is 2.52 bits per heavy atom. The van der Waals surface area contributed by atoms with Gasteiger partial charge in [-0.05, 0) is 41.0 Å². The summed E-state index contributed by atoms with van der Waals surface area (Å²) < 4.78 is 13.0. The molecule has 0 unspecified atom stereocenters. The van der Waals surface area contributed by atoms with Gasteiger partial charge in [0.15, 0.2) is 0 Å². The number of H-pyrrole nitrogens is 1. The summed E-state index contributed by atoms with van der Waals surface area (Å²) in [5.74, 6) is -0.196. The van der Waals surface area contributed by atoms with Gasteiger partial charge in [-0.1, -0.05) is 18.2 Å². The molecule has 1 aliphatic heterocycles. The average molecular weight is 303 g/mol. The van der Waals surface area contributed by atoms with E-state index < -0.39 is 0 Å². The summed E-state index contributed by atoms with van der Waals surface area (Å²) in [6.07, 6.45) is 1.05. The molecular formula is C17H16ClFN2. The van der Waals surface area contributed by atoms with Crippen LogP contribution in [0.1, 0.15) is 11.3 Å². The highest BCUT2D eigenvalue weighted by molar-refractivity contribution is 5.89. The highest BCUT2D eigenvalue weighted by Crippen LogP contribution is 2.29. The molecule has 2 aromatic carbocycles. The van der Waals surface area contributed by atoms with Crippen molar-refractivity contribution in [1.29, 1.82) is 0 Å². The van der Waals surface area contributed by atoms with Crippen LogP contribution in [0.3, 0.4) is 0 Å². The van der Waals surface area contributed by atoms with Crippen molar-refractivity contribution in [1.82, 2.24) is 10.3 Å². The smallest absolute Gasteiger partial charge is 0.123 e. The predicted molar refractivity (Wildman–Crippen MR) is 86.4 cm³/mol. The molecular weight excluding hydrogens is 287 g/mol. The molecule has 0 spiro atoms. The summed E-state index contributed by atoms with van der Waals surface area (Å²) in [7, 11) is 0. The minimum absolute atomic E-state index is 0. The van der Waals surface area contributed by atoms with Gasteiger partial charge in [-0.2, -0.15) is 0 Å². The number of aromatic amines is 1. The molecule has 3 aromatic rings. The SMILES string of the molecule is Cl.Fc1ccc(-c2ccc3[nH]c4c(c3c2)CNCC4)cc1. The van der Waals surface area contributed by atoms with Gasteiger partial charge >= 0.3 is 0 Å². The molecule has 0 fully saturated rings. The quantitative estimate of drug-likeness (QED) is 0.697. The van der Waals surface area contributed by atoms with E-state index in [0.717, 1.165) is 30.6 Å². The maximum atomic E-state index is 13.0. The molecule has 0 amide bonds. The molecule has 2 N–H and O–H groups in total. The van der Waals surface area contributed by atoms with Crippen LogP contribution in [0.25, 0.3) is 22.0 Å². The van der Waals surface area contributed by atoms with E-state index in [-0.39, 0.29) is 18.2 Å². The molecule has 1 aliphatic rings. The van der Waals surface area contributed by atoms with Crippen LogP contribution in [0, 0.1) is 5.82 Å². The number of rotatable bonds is 1. The zero-order valence-electron chi connectivity index (χ0n) is 11.4. The van der Waals surface area contributed by atoms with E-state index in [4.69, 9.17) is 0 Å². The highest BCUT2D eigenvalue weighted by atomic mass is 35.5. The lowest BCUT2D eigenvalue weighted by Gasteiger charge is -2.12. The van der Waals surface area contributed by atoms with Crippen LogP contribution in [0.2, 0.25) is 0 Å². The monoisotopic (exact) mass is 302 g/mol. The fraction of sp³-hybridized carbons (Fsp3) is 0.176. The van der Waals surface area contributed by atoms with Crippen LogP contribution < -0.4 is 5.32 Å². The first kappa shape index (κ1) is 14.1. The first-order valence-corrected chi connectivity index (χ1v) is 6.91. The topological polar surface area (TPSA) is 27.8 Å². The summed E-state index contributed by atoms with van der Waals surface area (Å²) in [5, 5.41) is 4.69. The summed E-state index contributed by atoms with van der Waals surface area (Å²) in [6, 6.07) is 13.1. The summed E-state index contributed by atoms with van der Waals surface area (Å²) in [5.41, 5.74) is 6.08. The van der Waals surface area contributed by atoms with E-state index in [0.29, 0.717) is 0 Å². The Morgan fingerprint density at radius 2 is 1.71 bits per heavy atom. The minimum Gasteiger partial charge on any atom is -0.358 e. The van der Waals surface area contributed by atoms with Gasteiger partial charge in [0.2, 0.25) is 0 Å². The van der Waals surface area contributed by atoms with Gasteiger partial charge in [-0.25, -0.2) is 4.39 Å². The van der Waals surface area contributed by atoms with E-state index in [1.807, 2.05) is 12.1 Å². The fourth-order valence-electron chi connectivity index (χ4n) is 2.97. The zero-order chi connectivity index (χ0) is 13.5. The van der Waals surface area contributed by atoms with Gasteiger partial charge in [0.25, 0.3) is 0 Å². The van der Waals surface area contributed by atoms with Crippen LogP contribution in [0.4, 0.5) is 4.39 Å². The lowest BCUT2D eigenvalue weighted by Crippen LogP contribution is -2.22. The average Bonchev–Trinajstić information content (AvgIpc) is 2.86. The molecule has 1 aromatic heterocycles. The van der Waals surface area contributed by atoms with Crippen LogP contribution in [-0.4, -0.2) is 11.5 Å². The van der Waals surface area contributed by atoms with Crippen LogP contribution in [0.5, 0.6) is 0 Å². The Balaban J connectivity index is 0.00000132. The van der Waals surface area contributed by atoms with Gasteiger partial charge in [-0.15, -0.1) is 12.4 Å². The van der Waals surface area contributed by atoms with Gasteiger partial charge < -0.3 is 10.3 Å². The van der Waals surface area contributed by atoms with Crippen molar-refractivity contribution >= 4 is 23.3 Å². The van der Waals surface area contributed by atoms with Crippen molar-refractivity contribution in [3.8, 4) is 11.1 Å². The minimum atomic E-state index is -0.196. The van der Waals surface area contributed by atoms with Gasteiger partial charge in [0.05, 0.1) is 0 Å². The number of hydrogen-bond donors (Lipinski definition) is 2. The molecule has 2 nitrogen and oxygen atoms in total. The predicted octanol–water partition coefficient (Wildman–Crippen LogP) is 4.04. The molecule has 0 aliphatic carbocycles. The van der Waals surface area contributed by atoms with Crippen molar-refractivity contribution in [3.63, 3.8) is 0 Å². The first-order valence-electron chi connectivity index (χ1n) is 6.91. The molecule has 108 valence electrons. The Bertz CT molecular complexity index is 777. The maximum Gasteiger partial charge on any atom is 0.123 e. The molecule has 0 bridgehead atoms.